The van der Waals surface area contributed by atoms with Crippen LogP contribution in [0.4, 0.5) is 15.3 Å². The number of H-pyrrole nitrogens is 1. The molecule has 6 rings (SSSR count). The minimum Gasteiger partial charge on any atom is -0.375 e. The Hall–Kier alpha value is -4.38. The van der Waals surface area contributed by atoms with Gasteiger partial charge < -0.3 is 21.4 Å². The summed E-state index contributed by atoms with van der Waals surface area (Å²) in [5.74, 6) is 0.497. The molecule has 1 saturated carbocycles. The fraction of sp³-hybridized carbons (Fsp3) is 0.222. The monoisotopic (exact) mass is 528 g/mol. The van der Waals surface area contributed by atoms with E-state index in [9.17, 15) is 9.18 Å². The smallest absolute Gasteiger partial charge is 0.271 e. The lowest BCUT2D eigenvalue weighted by Crippen LogP contribution is -2.42. The zero-order chi connectivity index (χ0) is 26.1. The van der Waals surface area contributed by atoms with E-state index in [2.05, 4.69) is 25.6 Å². The van der Waals surface area contributed by atoms with E-state index in [1.807, 2.05) is 36.4 Å². The summed E-state index contributed by atoms with van der Waals surface area (Å²) in [5, 5.41) is 9.32. The minimum absolute atomic E-state index is 0.00856. The normalized spacial score (nSPS) is 17.4. The van der Waals surface area contributed by atoms with Crippen LogP contribution in [0.15, 0.2) is 60.2 Å². The molecule has 0 radical (unpaired) electrons. The Labute approximate surface area is 221 Å². The second-order valence-corrected chi connectivity index (χ2v) is 10.2. The number of pyridine rings is 1. The zero-order valence-electron chi connectivity index (χ0n) is 20.3. The van der Waals surface area contributed by atoms with Crippen molar-refractivity contribution in [1.29, 1.82) is 0 Å². The molecule has 1 fully saturated rings. The van der Waals surface area contributed by atoms with Gasteiger partial charge in [-0.05, 0) is 31.7 Å². The van der Waals surface area contributed by atoms with Gasteiger partial charge in [0.1, 0.15) is 23.0 Å². The van der Waals surface area contributed by atoms with Gasteiger partial charge in [-0.15, -0.1) is 11.3 Å². The third-order valence-corrected chi connectivity index (χ3v) is 7.32. The Kier molecular flexibility index (Phi) is 6.42. The van der Waals surface area contributed by atoms with Gasteiger partial charge in [-0.2, -0.15) is 0 Å². The summed E-state index contributed by atoms with van der Waals surface area (Å²) in [4.78, 5) is 33.5. The van der Waals surface area contributed by atoms with Crippen LogP contribution < -0.4 is 16.4 Å². The number of hydrogen-bond donors (Lipinski definition) is 4. The molecule has 11 heteroatoms. The fourth-order valence-electron chi connectivity index (χ4n) is 4.87. The highest BCUT2D eigenvalue weighted by atomic mass is 32.1. The minimum atomic E-state index is -0.424. The predicted molar refractivity (Wildman–Crippen MR) is 146 cm³/mol. The van der Waals surface area contributed by atoms with Crippen LogP contribution in [0.1, 0.15) is 36.2 Å². The topological polar surface area (TPSA) is 134 Å². The maximum Gasteiger partial charge on any atom is 0.271 e. The molecule has 0 aliphatic heterocycles. The first-order valence-electron chi connectivity index (χ1n) is 12.4. The van der Waals surface area contributed by atoms with Crippen LogP contribution in [0, 0.1) is 5.82 Å². The van der Waals surface area contributed by atoms with Crippen molar-refractivity contribution in [1.82, 2.24) is 30.2 Å². The van der Waals surface area contributed by atoms with Crippen molar-refractivity contribution < 1.29 is 9.18 Å². The maximum absolute atomic E-state index is 14.0. The summed E-state index contributed by atoms with van der Waals surface area (Å²) in [6, 6.07) is 13.3. The molecule has 0 spiro atoms. The summed E-state index contributed by atoms with van der Waals surface area (Å²) in [6.07, 6.45) is 6.47. The number of hydrogen-bond acceptors (Lipinski definition) is 8. The maximum atomic E-state index is 14.0. The lowest BCUT2D eigenvalue weighted by Gasteiger charge is -2.30. The SMILES string of the molecule is Nc1nc(C(=O)NC2CCCC(Nc3cc(-c4ccccc4)nc(-c4c[nH]c5ncc(F)cc45)n3)C2)cs1. The Bertz CT molecular complexity index is 1600. The van der Waals surface area contributed by atoms with E-state index < -0.39 is 5.82 Å². The molecule has 0 saturated heterocycles. The highest BCUT2D eigenvalue weighted by molar-refractivity contribution is 7.13. The van der Waals surface area contributed by atoms with E-state index in [0.29, 0.717) is 39.1 Å². The number of nitrogens with two attached hydrogens (primary N) is 1. The van der Waals surface area contributed by atoms with E-state index in [1.165, 1.54) is 23.6 Å². The molecule has 192 valence electrons. The molecule has 5 aromatic rings. The van der Waals surface area contributed by atoms with Gasteiger partial charge >= 0.3 is 0 Å². The summed E-state index contributed by atoms with van der Waals surface area (Å²) in [6.45, 7) is 0. The Morgan fingerprint density at radius 1 is 1.11 bits per heavy atom. The molecular weight excluding hydrogens is 503 g/mol. The zero-order valence-corrected chi connectivity index (χ0v) is 21.1. The van der Waals surface area contributed by atoms with Crippen molar-refractivity contribution in [2.45, 2.75) is 37.8 Å². The quantitative estimate of drug-likeness (QED) is 0.243. The van der Waals surface area contributed by atoms with Crippen LogP contribution >= 0.6 is 11.3 Å². The van der Waals surface area contributed by atoms with Gasteiger partial charge in [-0.25, -0.2) is 24.3 Å². The van der Waals surface area contributed by atoms with Crippen LogP contribution in [0.5, 0.6) is 0 Å². The number of carbonyl (C=O) groups excluding carboxylic acids is 1. The lowest BCUT2D eigenvalue weighted by molar-refractivity contribution is 0.0922. The van der Waals surface area contributed by atoms with E-state index >= 15 is 0 Å². The van der Waals surface area contributed by atoms with E-state index in [-0.39, 0.29) is 18.0 Å². The van der Waals surface area contributed by atoms with Crippen molar-refractivity contribution in [3.05, 3.63) is 71.7 Å². The number of aromatic amines is 1. The summed E-state index contributed by atoms with van der Waals surface area (Å²) >= 11 is 1.25. The van der Waals surface area contributed by atoms with E-state index in [1.54, 1.807) is 11.6 Å². The molecule has 4 aromatic heterocycles. The predicted octanol–water partition coefficient (Wildman–Crippen LogP) is 5.02. The van der Waals surface area contributed by atoms with Crippen LogP contribution in [-0.4, -0.2) is 42.9 Å². The highest BCUT2D eigenvalue weighted by Crippen LogP contribution is 2.30. The number of anilines is 2. The number of amides is 1. The van der Waals surface area contributed by atoms with Gasteiger partial charge in [0.15, 0.2) is 11.0 Å². The Morgan fingerprint density at radius 2 is 1.95 bits per heavy atom. The Morgan fingerprint density at radius 3 is 2.76 bits per heavy atom. The van der Waals surface area contributed by atoms with Crippen molar-refractivity contribution in [3.63, 3.8) is 0 Å². The van der Waals surface area contributed by atoms with Gasteiger partial charge in [-0.1, -0.05) is 30.3 Å². The molecule has 0 bridgehead atoms. The molecule has 5 N–H and O–H groups in total. The van der Waals surface area contributed by atoms with Gasteiger partial charge in [-0.3, -0.25) is 4.79 Å². The first kappa shape index (κ1) is 24.0. The molecule has 2 atom stereocenters. The van der Waals surface area contributed by atoms with E-state index in [0.717, 1.165) is 36.9 Å². The first-order valence-corrected chi connectivity index (χ1v) is 13.3. The molecule has 4 heterocycles. The van der Waals surface area contributed by atoms with Crippen molar-refractivity contribution >= 4 is 39.2 Å². The molecular formula is C27H25FN8OS. The standard InChI is InChI=1S/C27H25FN8OS/c28-16-9-19-20(13-31-24(19)30-12-16)25-34-21(15-5-2-1-3-6-15)11-23(36-25)32-17-7-4-8-18(10-17)33-26(37)22-14-38-27(29)35-22/h1-3,5-6,9,11-14,17-18H,4,7-8,10H2,(H2,29,35)(H,30,31)(H,33,37)(H,32,34,36). The number of nitrogens with zero attached hydrogens (tertiary/aromatic N) is 4. The largest absolute Gasteiger partial charge is 0.375 e. The number of nitrogens with one attached hydrogen (secondary N) is 3. The van der Waals surface area contributed by atoms with Crippen LogP contribution in [0.3, 0.4) is 0 Å². The lowest BCUT2D eigenvalue weighted by atomic mass is 9.91. The Balaban J connectivity index is 1.28. The number of carbonyl (C=O) groups is 1. The van der Waals surface area contributed by atoms with Crippen molar-refractivity contribution in [3.8, 4) is 22.6 Å². The van der Waals surface area contributed by atoms with Crippen LogP contribution in [0.2, 0.25) is 0 Å². The molecule has 1 aromatic carbocycles. The van der Waals surface area contributed by atoms with Crippen molar-refractivity contribution in [2.24, 2.45) is 0 Å². The second-order valence-electron chi connectivity index (χ2n) is 9.33. The number of thiazole rings is 1. The van der Waals surface area contributed by atoms with Gasteiger partial charge in [0.2, 0.25) is 0 Å². The average molecular weight is 529 g/mol. The van der Waals surface area contributed by atoms with Crippen LogP contribution in [0.25, 0.3) is 33.7 Å². The molecule has 38 heavy (non-hydrogen) atoms. The van der Waals surface area contributed by atoms with Gasteiger partial charge in [0.05, 0.1) is 11.9 Å². The van der Waals surface area contributed by atoms with Crippen LogP contribution in [-0.2, 0) is 0 Å². The third-order valence-electron chi connectivity index (χ3n) is 6.65. The molecule has 2 unspecified atom stereocenters. The highest BCUT2D eigenvalue weighted by Gasteiger charge is 2.25. The molecule has 1 aliphatic rings. The number of fused-ring (bicyclic) bond motifs is 1. The number of aromatic nitrogens is 5. The second kappa shape index (κ2) is 10.2. The van der Waals surface area contributed by atoms with Gasteiger partial charge in [0.25, 0.3) is 5.91 Å². The molecule has 1 amide bonds. The van der Waals surface area contributed by atoms with E-state index in [4.69, 9.17) is 15.7 Å². The number of halogens is 1. The number of nitrogen functional groups attached to an aromatic ring is 1. The molecule has 1 aliphatic carbocycles. The number of benzene rings is 1. The summed E-state index contributed by atoms with van der Waals surface area (Å²) in [7, 11) is 0. The first-order chi connectivity index (χ1) is 18.5. The van der Waals surface area contributed by atoms with Crippen molar-refractivity contribution in [2.75, 3.05) is 11.1 Å². The summed E-state index contributed by atoms with van der Waals surface area (Å²) < 4.78 is 14.0. The number of rotatable bonds is 6. The molecule has 9 nitrogen and oxygen atoms in total. The third kappa shape index (κ3) is 5.05. The average Bonchev–Trinajstić information content (AvgIpc) is 3.55. The fourth-order valence-corrected chi connectivity index (χ4v) is 5.42. The van der Waals surface area contributed by atoms with Gasteiger partial charge in [0, 0.05) is 46.2 Å². The summed E-state index contributed by atoms with van der Waals surface area (Å²) in [5.41, 5.74) is 8.96.